The second kappa shape index (κ2) is 6.64. The summed E-state index contributed by atoms with van der Waals surface area (Å²) in [5, 5.41) is 14.8. The maximum Gasteiger partial charge on any atom is 0.244 e. The van der Waals surface area contributed by atoms with E-state index in [-0.39, 0.29) is 23.6 Å². The Bertz CT molecular complexity index is 820. The zero-order valence-electron chi connectivity index (χ0n) is 13.6. The zero-order valence-corrected chi connectivity index (χ0v) is 15.2. The summed E-state index contributed by atoms with van der Waals surface area (Å²) in [7, 11) is 0. The number of benzene rings is 1. The number of hydrogen-bond donors (Lipinski definition) is 2. The van der Waals surface area contributed by atoms with Crippen molar-refractivity contribution in [3.63, 3.8) is 0 Å². The molecule has 25 heavy (non-hydrogen) atoms. The molecule has 0 bridgehead atoms. The number of carbonyl (C=O) groups is 2. The minimum absolute atomic E-state index is 0.0331. The van der Waals surface area contributed by atoms with Crippen LogP contribution in [-0.2, 0) is 9.59 Å². The minimum atomic E-state index is -0.360. The number of nitrogens with one attached hydrogen (secondary N) is 2. The lowest BCUT2D eigenvalue weighted by Gasteiger charge is -2.30. The van der Waals surface area contributed by atoms with Gasteiger partial charge in [0.2, 0.25) is 16.9 Å². The normalized spacial score (nSPS) is 17.6. The van der Waals surface area contributed by atoms with E-state index in [0.29, 0.717) is 11.7 Å². The number of amides is 2. The lowest BCUT2D eigenvalue weighted by Crippen LogP contribution is -2.45. The van der Waals surface area contributed by atoms with E-state index in [9.17, 15) is 9.59 Å². The highest BCUT2D eigenvalue weighted by Gasteiger charge is 2.30. The van der Waals surface area contributed by atoms with E-state index in [4.69, 9.17) is 0 Å². The first-order valence-electron chi connectivity index (χ1n) is 8.07. The van der Waals surface area contributed by atoms with Gasteiger partial charge in [0.05, 0.1) is 16.6 Å². The van der Waals surface area contributed by atoms with E-state index in [0.717, 1.165) is 15.2 Å². The molecule has 0 saturated heterocycles. The lowest BCUT2D eigenvalue weighted by molar-refractivity contribution is -0.121. The molecule has 1 aromatic carbocycles. The molecule has 2 amide bonds. The molecule has 2 heterocycles. The summed E-state index contributed by atoms with van der Waals surface area (Å²) in [6.07, 6.45) is 2.35. The SMILES string of the molecule is C[C@@H](Sc1nnc(NC2CC2)s1)C(=O)N1CC(=O)Nc2ccccc21. The predicted octanol–water partition coefficient (Wildman–Crippen LogP) is 2.58. The Morgan fingerprint density at radius 2 is 2.20 bits per heavy atom. The molecule has 7 nitrogen and oxygen atoms in total. The molecule has 1 aliphatic carbocycles. The highest BCUT2D eigenvalue weighted by molar-refractivity contribution is 8.02. The van der Waals surface area contributed by atoms with Gasteiger partial charge in [0.15, 0.2) is 4.34 Å². The maximum atomic E-state index is 12.9. The first-order chi connectivity index (χ1) is 12.1. The lowest BCUT2D eigenvalue weighted by atomic mass is 10.2. The Morgan fingerprint density at radius 1 is 1.40 bits per heavy atom. The third-order valence-electron chi connectivity index (χ3n) is 3.97. The third-order valence-corrected chi connectivity index (χ3v) is 6.00. The predicted molar refractivity (Wildman–Crippen MR) is 99.3 cm³/mol. The van der Waals surface area contributed by atoms with Gasteiger partial charge in [0.1, 0.15) is 6.54 Å². The third kappa shape index (κ3) is 3.62. The summed E-state index contributed by atoms with van der Waals surface area (Å²) >= 11 is 2.83. The summed E-state index contributed by atoms with van der Waals surface area (Å²) in [5.74, 6) is -0.296. The second-order valence-corrected chi connectivity index (χ2v) is 8.61. The summed E-state index contributed by atoms with van der Waals surface area (Å²) in [6.45, 7) is 1.86. The topological polar surface area (TPSA) is 87.2 Å². The number of hydrogen-bond acceptors (Lipinski definition) is 7. The number of rotatable bonds is 5. The van der Waals surface area contributed by atoms with Crippen LogP contribution in [0.4, 0.5) is 16.5 Å². The molecule has 130 valence electrons. The van der Waals surface area contributed by atoms with Crippen molar-refractivity contribution in [2.45, 2.75) is 35.4 Å². The highest BCUT2D eigenvalue weighted by atomic mass is 32.2. The van der Waals surface area contributed by atoms with Crippen LogP contribution < -0.4 is 15.5 Å². The van der Waals surface area contributed by atoms with E-state index in [1.54, 1.807) is 6.07 Å². The molecule has 0 unspecified atom stereocenters. The number of aromatic nitrogens is 2. The number of nitrogens with zero attached hydrogens (tertiary/aromatic N) is 3. The molecule has 2 aliphatic rings. The van der Waals surface area contributed by atoms with Gasteiger partial charge in [-0.1, -0.05) is 35.2 Å². The van der Waals surface area contributed by atoms with Gasteiger partial charge in [-0.25, -0.2) is 0 Å². The Hall–Kier alpha value is -2.13. The van der Waals surface area contributed by atoms with Crippen LogP contribution in [0.2, 0.25) is 0 Å². The van der Waals surface area contributed by atoms with Crippen LogP contribution in [0.1, 0.15) is 19.8 Å². The van der Waals surface area contributed by atoms with E-state index >= 15 is 0 Å². The van der Waals surface area contributed by atoms with E-state index in [1.165, 1.54) is 40.8 Å². The Morgan fingerprint density at radius 3 is 3.00 bits per heavy atom. The molecule has 1 atom stereocenters. The molecule has 9 heteroatoms. The summed E-state index contributed by atoms with van der Waals surface area (Å²) in [6, 6.07) is 7.85. The molecule has 1 fully saturated rings. The molecule has 1 aliphatic heterocycles. The van der Waals surface area contributed by atoms with E-state index in [2.05, 4.69) is 20.8 Å². The van der Waals surface area contributed by atoms with Crippen LogP contribution in [0.15, 0.2) is 28.6 Å². The number of fused-ring (bicyclic) bond motifs is 1. The minimum Gasteiger partial charge on any atom is -0.357 e. The van der Waals surface area contributed by atoms with E-state index < -0.39 is 0 Å². The van der Waals surface area contributed by atoms with Crippen molar-refractivity contribution in [3.05, 3.63) is 24.3 Å². The Labute approximate surface area is 153 Å². The van der Waals surface area contributed by atoms with Gasteiger partial charge >= 0.3 is 0 Å². The zero-order chi connectivity index (χ0) is 17.4. The van der Waals surface area contributed by atoms with Crippen molar-refractivity contribution in [1.82, 2.24) is 10.2 Å². The van der Waals surface area contributed by atoms with E-state index in [1.807, 2.05) is 25.1 Å². The first kappa shape index (κ1) is 16.3. The standard InChI is InChI=1S/C16H17N5O2S2/c1-9(24-16-20-19-15(25-16)17-10-6-7-10)14(23)21-8-13(22)18-11-4-2-3-5-12(11)21/h2-5,9-10H,6-8H2,1H3,(H,17,19)(H,18,22)/t9-/m1/s1. The van der Waals surface area contributed by atoms with Crippen molar-refractivity contribution in [2.75, 3.05) is 22.1 Å². The smallest absolute Gasteiger partial charge is 0.244 e. The van der Waals surface area contributed by atoms with Crippen LogP contribution in [0.3, 0.4) is 0 Å². The number of carbonyl (C=O) groups excluding carboxylic acids is 2. The first-order valence-corrected chi connectivity index (χ1v) is 9.77. The second-order valence-electron chi connectivity index (χ2n) is 6.04. The van der Waals surface area contributed by atoms with Crippen LogP contribution in [-0.4, -0.2) is 39.8 Å². The molecule has 2 N–H and O–H groups in total. The summed E-state index contributed by atoms with van der Waals surface area (Å²) in [4.78, 5) is 26.3. The molecule has 1 aromatic heterocycles. The quantitative estimate of drug-likeness (QED) is 0.781. The Kier molecular flexibility index (Phi) is 4.34. The van der Waals surface area contributed by atoms with Crippen LogP contribution in [0, 0.1) is 0 Å². The fourth-order valence-corrected chi connectivity index (χ4v) is 4.60. The van der Waals surface area contributed by atoms with Gasteiger partial charge in [-0.15, -0.1) is 10.2 Å². The van der Waals surface area contributed by atoms with Gasteiger partial charge in [-0.2, -0.15) is 0 Å². The van der Waals surface area contributed by atoms with Gasteiger partial charge in [0, 0.05) is 6.04 Å². The van der Waals surface area contributed by atoms with Gasteiger partial charge < -0.3 is 10.6 Å². The highest BCUT2D eigenvalue weighted by Crippen LogP contribution is 2.35. The van der Waals surface area contributed by atoms with Crippen LogP contribution >= 0.6 is 23.1 Å². The van der Waals surface area contributed by atoms with Crippen LogP contribution in [0.5, 0.6) is 0 Å². The van der Waals surface area contributed by atoms with Crippen molar-refractivity contribution in [3.8, 4) is 0 Å². The Balaban J connectivity index is 1.46. The summed E-state index contributed by atoms with van der Waals surface area (Å²) in [5.41, 5.74) is 1.39. The molecule has 2 aromatic rings. The fraction of sp³-hybridized carbons (Fsp3) is 0.375. The molecule has 0 radical (unpaired) electrons. The maximum absolute atomic E-state index is 12.9. The largest absolute Gasteiger partial charge is 0.357 e. The molecule has 0 spiro atoms. The molecular weight excluding hydrogens is 358 g/mol. The number of thioether (sulfide) groups is 1. The number of para-hydroxylation sites is 2. The molecule has 1 saturated carbocycles. The van der Waals surface area contributed by atoms with Gasteiger partial charge in [-0.3, -0.25) is 14.5 Å². The fourth-order valence-electron chi connectivity index (χ4n) is 2.57. The monoisotopic (exact) mass is 375 g/mol. The van der Waals surface area contributed by atoms with Crippen LogP contribution in [0.25, 0.3) is 0 Å². The average Bonchev–Trinajstić information content (AvgIpc) is 3.31. The number of anilines is 3. The van der Waals surface area contributed by atoms with Gasteiger partial charge in [-0.05, 0) is 31.9 Å². The average molecular weight is 375 g/mol. The molecular formula is C16H17N5O2S2. The van der Waals surface area contributed by atoms with Crippen molar-refractivity contribution >= 4 is 51.4 Å². The van der Waals surface area contributed by atoms with Crippen molar-refractivity contribution in [2.24, 2.45) is 0 Å². The van der Waals surface area contributed by atoms with Crippen molar-refractivity contribution in [1.29, 1.82) is 0 Å². The van der Waals surface area contributed by atoms with Crippen molar-refractivity contribution < 1.29 is 9.59 Å². The summed E-state index contributed by atoms with van der Waals surface area (Å²) < 4.78 is 0.749. The molecule has 4 rings (SSSR count). The van der Waals surface area contributed by atoms with Gasteiger partial charge in [0.25, 0.3) is 0 Å².